The Morgan fingerprint density at radius 1 is 1.04 bits per heavy atom. The fourth-order valence-corrected chi connectivity index (χ4v) is 4.68. The maximum absolute atomic E-state index is 12.0. The van der Waals surface area contributed by atoms with Crippen molar-refractivity contribution >= 4 is 41.6 Å². The third-order valence-corrected chi connectivity index (χ3v) is 6.42. The largest absolute Gasteiger partial charge is 0.478 e. The molecule has 27 heavy (non-hydrogen) atoms. The van der Waals surface area contributed by atoms with Crippen molar-refractivity contribution in [3.63, 3.8) is 0 Å². The van der Waals surface area contributed by atoms with E-state index < -0.39 is 12.1 Å². The summed E-state index contributed by atoms with van der Waals surface area (Å²) in [4.78, 5) is 14.6. The van der Waals surface area contributed by atoms with Gasteiger partial charge < -0.3 is 9.84 Å². The molecule has 1 saturated carbocycles. The summed E-state index contributed by atoms with van der Waals surface area (Å²) in [5.74, 6) is -0.441. The molecule has 1 aromatic rings. The lowest BCUT2D eigenvalue weighted by Gasteiger charge is -2.41. The van der Waals surface area contributed by atoms with Gasteiger partial charge in [0.2, 0.25) is 0 Å². The Labute approximate surface area is 177 Å². The second-order valence-electron chi connectivity index (χ2n) is 7.42. The van der Waals surface area contributed by atoms with Crippen LogP contribution in [0.15, 0.2) is 18.2 Å². The van der Waals surface area contributed by atoms with Crippen molar-refractivity contribution in [2.45, 2.75) is 63.5 Å². The van der Waals surface area contributed by atoms with Gasteiger partial charge in [0.25, 0.3) is 0 Å². The van der Waals surface area contributed by atoms with Crippen LogP contribution in [0, 0.1) is 5.92 Å². The van der Waals surface area contributed by atoms with Crippen LogP contribution in [0.4, 0.5) is 0 Å². The van der Waals surface area contributed by atoms with Crippen LogP contribution in [-0.2, 0) is 4.79 Å². The Bertz CT molecular complexity index is 620. The number of likely N-dealkylation sites (tertiary alicyclic amines) is 1. The molecule has 0 bridgehead atoms. The standard InChI is InChI=1S/C20H27Cl2NO3.ClH/c21-16-10-9-14(13-17(16)22)26-19(20(24)25)15-7-3-4-8-18(15)23-11-5-1-2-6-12-23;/h9-10,13,15,18-19H,1-8,11-12H2,(H,24,25);1H. The number of hydrogen-bond donors (Lipinski definition) is 1. The molecule has 2 fully saturated rings. The number of carbonyl (C=O) groups is 1. The van der Waals surface area contributed by atoms with Crippen molar-refractivity contribution in [1.82, 2.24) is 4.90 Å². The molecule has 2 aliphatic rings. The normalized spacial score (nSPS) is 25.1. The van der Waals surface area contributed by atoms with Gasteiger partial charge in [-0.3, -0.25) is 4.90 Å². The number of halogens is 3. The molecule has 7 heteroatoms. The first-order chi connectivity index (χ1) is 12.6. The average Bonchev–Trinajstić information content (AvgIpc) is 2.92. The van der Waals surface area contributed by atoms with Gasteiger partial charge >= 0.3 is 5.97 Å². The fourth-order valence-electron chi connectivity index (χ4n) is 4.39. The third kappa shape index (κ3) is 5.90. The van der Waals surface area contributed by atoms with Crippen LogP contribution >= 0.6 is 35.6 Å². The van der Waals surface area contributed by atoms with Crippen LogP contribution in [0.1, 0.15) is 51.4 Å². The lowest BCUT2D eigenvalue weighted by molar-refractivity contribution is -0.150. The highest BCUT2D eigenvalue weighted by atomic mass is 35.5. The molecule has 1 heterocycles. The maximum Gasteiger partial charge on any atom is 0.345 e. The minimum absolute atomic E-state index is 0. The Hall–Kier alpha value is -0.680. The second-order valence-corrected chi connectivity index (χ2v) is 8.23. The van der Waals surface area contributed by atoms with E-state index in [1.54, 1.807) is 18.2 Å². The first-order valence-corrected chi connectivity index (χ1v) is 10.4. The molecule has 4 nitrogen and oxygen atoms in total. The zero-order valence-corrected chi connectivity index (χ0v) is 17.7. The highest BCUT2D eigenvalue weighted by Gasteiger charge is 2.40. The van der Waals surface area contributed by atoms with Gasteiger partial charge in [-0.2, -0.15) is 0 Å². The SMILES string of the molecule is Cl.O=C(O)C(Oc1ccc(Cl)c(Cl)c1)C1CCCCC1N1CCCCCC1. The molecular weight excluding hydrogens is 409 g/mol. The van der Waals surface area contributed by atoms with Gasteiger partial charge in [0, 0.05) is 18.0 Å². The summed E-state index contributed by atoms with van der Waals surface area (Å²) in [6.45, 7) is 2.14. The number of nitrogens with zero attached hydrogens (tertiary/aromatic N) is 1. The molecule has 1 N–H and O–H groups in total. The van der Waals surface area contributed by atoms with Gasteiger partial charge in [0.15, 0.2) is 6.10 Å². The topological polar surface area (TPSA) is 49.8 Å². The summed E-state index contributed by atoms with van der Waals surface area (Å²) in [5, 5.41) is 10.7. The van der Waals surface area contributed by atoms with E-state index in [4.69, 9.17) is 27.9 Å². The predicted molar refractivity (Wildman–Crippen MR) is 112 cm³/mol. The van der Waals surface area contributed by atoms with Gasteiger partial charge in [0.1, 0.15) is 5.75 Å². The highest BCUT2D eigenvalue weighted by molar-refractivity contribution is 6.42. The van der Waals surface area contributed by atoms with Crippen molar-refractivity contribution in [2.24, 2.45) is 5.92 Å². The summed E-state index contributed by atoms with van der Waals surface area (Å²) in [6, 6.07) is 5.22. The molecule has 0 amide bonds. The molecule has 0 radical (unpaired) electrons. The van der Waals surface area contributed by atoms with Crippen LogP contribution < -0.4 is 4.74 Å². The third-order valence-electron chi connectivity index (χ3n) is 5.68. The zero-order chi connectivity index (χ0) is 18.5. The Kier molecular flexibility index (Phi) is 9.00. The van der Waals surface area contributed by atoms with E-state index in [9.17, 15) is 9.90 Å². The first kappa shape index (κ1) is 22.6. The Balaban J connectivity index is 0.00000261. The number of carboxylic acid groups (broad SMARTS) is 1. The van der Waals surface area contributed by atoms with Crippen LogP contribution in [0.2, 0.25) is 10.0 Å². The van der Waals surface area contributed by atoms with Crippen LogP contribution in [0.3, 0.4) is 0 Å². The molecule has 1 aromatic carbocycles. The van der Waals surface area contributed by atoms with E-state index in [-0.39, 0.29) is 24.4 Å². The summed E-state index contributed by atoms with van der Waals surface area (Å²) in [7, 11) is 0. The molecular formula is C20H28Cl3NO3. The van der Waals surface area contributed by atoms with Gasteiger partial charge in [0.05, 0.1) is 10.0 Å². The maximum atomic E-state index is 12.0. The summed E-state index contributed by atoms with van der Waals surface area (Å²) >= 11 is 12.0. The van der Waals surface area contributed by atoms with Gasteiger partial charge in [-0.05, 0) is 50.9 Å². The van der Waals surface area contributed by atoms with Crippen molar-refractivity contribution in [1.29, 1.82) is 0 Å². The first-order valence-electron chi connectivity index (χ1n) is 9.65. The average molecular weight is 437 g/mol. The minimum Gasteiger partial charge on any atom is -0.478 e. The molecule has 1 aliphatic heterocycles. The number of ether oxygens (including phenoxy) is 1. The molecule has 3 atom stereocenters. The zero-order valence-electron chi connectivity index (χ0n) is 15.4. The molecule has 0 aromatic heterocycles. The van der Waals surface area contributed by atoms with E-state index in [1.807, 2.05) is 0 Å². The summed E-state index contributed by atoms with van der Waals surface area (Å²) < 4.78 is 5.93. The molecule has 3 rings (SSSR count). The van der Waals surface area contributed by atoms with E-state index in [0.717, 1.165) is 38.8 Å². The number of aliphatic carboxylic acids is 1. The lowest BCUT2D eigenvalue weighted by atomic mass is 9.79. The van der Waals surface area contributed by atoms with E-state index >= 15 is 0 Å². The number of carboxylic acids is 1. The molecule has 0 spiro atoms. The van der Waals surface area contributed by atoms with E-state index in [0.29, 0.717) is 15.8 Å². The molecule has 3 unspecified atom stereocenters. The second kappa shape index (κ2) is 10.8. The Morgan fingerprint density at radius 2 is 1.70 bits per heavy atom. The molecule has 1 aliphatic carbocycles. The number of rotatable bonds is 5. The van der Waals surface area contributed by atoms with Crippen LogP contribution in [0.25, 0.3) is 0 Å². The van der Waals surface area contributed by atoms with Crippen molar-refractivity contribution < 1.29 is 14.6 Å². The predicted octanol–water partition coefficient (Wildman–Crippen LogP) is 5.68. The van der Waals surface area contributed by atoms with E-state index in [1.165, 1.54) is 25.7 Å². The Morgan fingerprint density at radius 3 is 2.33 bits per heavy atom. The molecule has 152 valence electrons. The minimum atomic E-state index is -0.900. The van der Waals surface area contributed by atoms with Crippen LogP contribution in [0.5, 0.6) is 5.75 Å². The monoisotopic (exact) mass is 435 g/mol. The van der Waals surface area contributed by atoms with Crippen molar-refractivity contribution in [3.8, 4) is 5.75 Å². The number of benzene rings is 1. The van der Waals surface area contributed by atoms with Crippen LogP contribution in [-0.4, -0.2) is 41.2 Å². The van der Waals surface area contributed by atoms with Gasteiger partial charge in [-0.15, -0.1) is 12.4 Å². The lowest BCUT2D eigenvalue weighted by Crippen LogP contribution is -2.51. The van der Waals surface area contributed by atoms with Crippen molar-refractivity contribution in [2.75, 3.05) is 13.1 Å². The summed E-state index contributed by atoms with van der Waals surface area (Å²) in [5.41, 5.74) is 0. The van der Waals surface area contributed by atoms with Crippen molar-refractivity contribution in [3.05, 3.63) is 28.2 Å². The quantitative estimate of drug-likeness (QED) is 0.645. The van der Waals surface area contributed by atoms with Gasteiger partial charge in [-0.1, -0.05) is 48.9 Å². The van der Waals surface area contributed by atoms with E-state index in [2.05, 4.69) is 4.90 Å². The fraction of sp³-hybridized carbons (Fsp3) is 0.650. The number of hydrogen-bond acceptors (Lipinski definition) is 3. The smallest absolute Gasteiger partial charge is 0.345 e. The van der Waals surface area contributed by atoms with Gasteiger partial charge in [-0.25, -0.2) is 4.79 Å². The molecule has 1 saturated heterocycles. The summed E-state index contributed by atoms with van der Waals surface area (Å²) in [6.07, 6.45) is 8.26. The highest BCUT2D eigenvalue weighted by Crippen LogP contribution is 2.35.